The van der Waals surface area contributed by atoms with E-state index in [4.69, 9.17) is 10.5 Å². The average Bonchev–Trinajstić information content (AvgIpc) is 2.78. The molecule has 2 nitrogen and oxygen atoms in total. The van der Waals surface area contributed by atoms with E-state index in [1.54, 1.807) is 11.3 Å². The molecule has 0 spiro atoms. The van der Waals surface area contributed by atoms with Crippen molar-refractivity contribution in [3.8, 4) is 5.75 Å². The molecule has 96 valence electrons. The topological polar surface area (TPSA) is 35.2 Å². The van der Waals surface area contributed by atoms with Crippen molar-refractivity contribution in [2.75, 3.05) is 5.73 Å². The molecule has 0 saturated carbocycles. The maximum Gasteiger partial charge on any atom is 0.122 e. The Labute approximate surface area is 116 Å². The number of hydrogen-bond acceptors (Lipinski definition) is 3. The van der Waals surface area contributed by atoms with Gasteiger partial charge in [-0.25, -0.2) is 0 Å². The predicted molar refractivity (Wildman–Crippen MR) is 81.7 cm³/mol. The first-order chi connectivity index (χ1) is 9.20. The van der Waals surface area contributed by atoms with E-state index in [9.17, 15) is 0 Å². The van der Waals surface area contributed by atoms with E-state index in [1.807, 2.05) is 30.3 Å². The molecule has 1 aromatic heterocycles. The summed E-state index contributed by atoms with van der Waals surface area (Å²) in [6.45, 7) is 2.66. The minimum Gasteiger partial charge on any atom is -0.488 e. The molecule has 2 aromatic carbocycles. The number of thiophene rings is 1. The van der Waals surface area contributed by atoms with E-state index in [0.717, 1.165) is 11.4 Å². The van der Waals surface area contributed by atoms with Crippen LogP contribution < -0.4 is 10.5 Å². The number of ether oxygens (including phenoxy) is 1. The third kappa shape index (κ3) is 2.71. The summed E-state index contributed by atoms with van der Waals surface area (Å²) in [4.78, 5) is 1.21. The summed E-state index contributed by atoms with van der Waals surface area (Å²) in [6, 6.07) is 16.2. The largest absolute Gasteiger partial charge is 0.488 e. The van der Waals surface area contributed by atoms with Crippen LogP contribution in [0.25, 0.3) is 10.1 Å². The van der Waals surface area contributed by atoms with Crippen LogP contribution in [0.5, 0.6) is 5.75 Å². The molecule has 1 heterocycles. The smallest absolute Gasteiger partial charge is 0.122 e. The van der Waals surface area contributed by atoms with Gasteiger partial charge in [0.05, 0.1) is 0 Å². The Kier molecular flexibility index (Phi) is 3.13. The van der Waals surface area contributed by atoms with Gasteiger partial charge in [-0.1, -0.05) is 12.1 Å². The first-order valence-electron chi connectivity index (χ1n) is 6.18. The summed E-state index contributed by atoms with van der Waals surface area (Å²) in [7, 11) is 0. The third-order valence-electron chi connectivity index (χ3n) is 2.96. The molecule has 3 aromatic rings. The second-order valence-electron chi connectivity index (χ2n) is 4.62. The summed E-state index contributed by atoms with van der Waals surface area (Å²) < 4.78 is 7.06. The lowest BCUT2D eigenvalue weighted by atomic mass is 10.2. The fourth-order valence-electron chi connectivity index (χ4n) is 2.05. The van der Waals surface area contributed by atoms with E-state index < -0.39 is 0 Å². The Balaban J connectivity index is 1.78. The lowest BCUT2D eigenvalue weighted by Crippen LogP contribution is -1.92. The fourth-order valence-corrected chi connectivity index (χ4v) is 3.01. The van der Waals surface area contributed by atoms with Crippen molar-refractivity contribution < 1.29 is 4.74 Å². The number of hydrogen-bond donors (Lipinski definition) is 1. The van der Waals surface area contributed by atoms with Crippen molar-refractivity contribution in [1.29, 1.82) is 0 Å². The SMILES string of the molecule is Cc1cccc(OCc2cc3cc(N)ccc3s2)c1. The summed E-state index contributed by atoms with van der Waals surface area (Å²) >= 11 is 1.75. The van der Waals surface area contributed by atoms with Gasteiger partial charge in [0.25, 0.3) is 0 Å². The molecule has 0 amide bonds. The first-order valence-corrected chi connectivity index (χ1v) is 7.00. The second kappa shape index (κ2) is 4.94. The van der Waals surface area contributed by atoms with Gasteiger partial charge in [0.15, 0.2) is 0 Å². The second-order valence-corrected chi connectivity index (χ2v) is 5.78. The zero-order chi connectivity index (χ0) is 13.2. The van der Waals surface area contributed by atoms with Gasteiger partial charge in [0.1, 0.15) is 12.4 Å². The van der Waals surface area contributed by atoms with Crippen molar-refractivity contribution in [3.63, 3.8) is 0 Å². The highest BCUT2D eigenvalue weighted by molar-refractivity contribution is 7.19. The third-order valence-corrected chi connectivity index (χ3v) is 4.05. The molecule has 0 aliphatic heterocycles. The fraction of sp³-hybridized carbons (Fsp3) is 0.125. The minimum absolute atomic E-state index is 0.600. The van der Waals surface area contributed by atoms with Crippen LogP contribution in [0, 0.1) is 6.92 Å². The molecular formula is C16H15NOS. The molecule has 2 N–H and O–H groups in total. The molecule has 3 rings (SSSR count). The maximum atomic E-state index is 5.81. The van der Waals surface area contributed by atoms with Crippen molar-refractivity contribution >= 4 is 27.1 Å². The van der Waals surface area contributed by atoms with E-state index in [1.165, 1.54) is 20.5 Å². The number of fused-ring (bicyclic) bond motifs is 1. The van der Waals surface area contributed by atoms with Crippen molar-refractivity contribution in [3.05, 3.63) is 59.0 Å². The number of nitrogen functional groups attached to an aromatic ring is 1. The molecule has 0 radical (unpaired) electrons. The zero-order valence-electron chi connectivity index (χ0n) is 10.7. The monoisotopic (exact) mass is 269 g/mol. The minimum atomic E-state index is 0.600. The van der Waals surface area contributed by atoms with Gasteiger partial charge in [-0.2, -0.15) is 0 Å². The molecule has 0 saturated heterocycles. The molecule has 0 atom stereocenters. The highest BCUT2D eigenvalue weighted by Crippen LogP contribution is 2.28. The van der Waals surface area contributed by atoms with Crippen LogP contribution in [0.1, 0.15) is 10.4 Å². The van der Waals surface area contributed by atoms with E-state index in [-0.39, 0.29) is 0 Å². The summed E-state index contributed by atoms with van der Waals surface area (Å²) in [5, 5.41) is 1.19. The molecule has 19 heavy (non-hydrogen) atoms. The van der Waals surface area contributed by atoms with Crippen LogP contribution in [0.15, 0.2) is 48.5 Å². The van der Waals surface area contributed by atoms with E-state index in [2.05, 4.69) is 25.1 Å². The Bertz CT molecular complexity index is 718. The number of nitrogens with two attached hydrogens (primary N) is 1. The Morgan fingerprint density at radius 2 is 2.00 bits per heavy atom. The molecule has 0 aliphatic rings. The average molecular weight is 269 g/mol. The Morgan fingerprint density at radius 1 is 1.11 bits per heavy atom. The van der Waals surface area contributed by atoms with E-state index >= 15 is 0 Å². The molecule has 0 bridgehead atoms. The maximum absolute atomic E-state index is 5.81. The summed E-state index contributed by atoms with van der Waals surface area (Å²) in [5.41, 5.74) is 7.80. The van der Waals surface area contributed by atoms with E-state index in [0.29, 0.717) is 6.61 Å². The molecule has 0 aliphatic carbocycles. The normalized spacial score (nSPS) is 10.8. The van der Waals surface area contributed by atoms with Gasteiger partial charge < -0.3 is 10.5 Å². The van der Waals surface area contributed by atoms with Gasteiger partial charge >= 0.3 is 0 Å². The van der Waals surface area contributed by atoms with Gasteiger partial charge in [0.2, 0.25) is 0 Å². The quantitative estimate of drug-likeness (QED) is 0.716. The van der Waals surface area contributed by atoms with Crippen molar-refractivity contribution in [2.24, 2.45) is 0 Å². The van der Waals surface area contributed by atoms with Gasteiger partial charge in [-0.15, -0.1) is 11.3 Å². The number of rotatable bonds is 3. The number of benzene rings is 2. The van der Waals surface area contributed by atoms with Gasteiger partial charge in [-0.3, -0.25) is 0 Å². The highest BCUT2D eigenvalue weighted by atomic mass is 32.1. The standard InChI is InChI=1S/C16H15NOS/c1-11-3-2-4-14(7-11)18-10-15-9-12-8-13(17)5-6-16(12)19-15/h2-9H,10,17H2,1H3. The summed E-state index contributed by atoms with van der Waals surface area (Å²) in [6.07, 6.45) is 0. The highest BCUT2D eigenvalue weighted by Gasteiger charge is 2.03. The van der Waals surface area contributed by atoms with Crippen molar-refractivity contribution in [2.45, 2.75) is 13.5 Å². The lowest BCUT2D eigenvalue weighted by molar-refractivity contribution is 0.309. The Morgan fingerprint density at radius 3 is 2.84 bits per heavy atom. The van der Waals surface area contributed by atoms with Crippen LogP contribution in [-0.4, -0.2) is 0 Å². The van der Waals surface area contributed by atoms with Crippen LogP contribution in [0.4, 0.5) is 5.69 Å². The van der Waals surface area contributed by atoms with Crippen LogP contribution >= 0.6 is 11.3 Å². The number of anilines is 1. The molecule has 3 heteroatoms. The Hall–Kier alpha value is -2.00. The van der Waals surface area contributed by atoms with Crippen molar-refractivity contribution in [1.82, 2.24) is 0 Å². The van der Waals surface area contributed by atoms with Gasteiger partial charge in [-0.05, 0) is 54.3 Å². The summed E-state index contributed by atoms with van der Waals surface area (Å²) in [5.74, 6) is 0.914. The number of aryl methyl sites for hydroxylation is 1. The first kappa shape index (κ1) is 12.1. The van der Waals surface area contributed by atoms with Crippen LogP contribution in [0.2, 0.25) is 0 Å². The molecule has 0 unspecified atom stereocenters. The lowest BCUT2D eigenvalue weighted by Gasteiger charge is -2.04. The molecular weight excluding hydrogens is 254 g/mol. The van der Waals surface area contributed by atoms with Crippen LogP contribution in [-0.2, 0) is 6.61 Å². The molecule has 0 fully saturated rings. The predicted octanol–water partition coefficient (Wildman–Crippen LogP) is 4.37. The van der Waals surface area contributed by atoms with Crippen LogP contribution in [0.3, 0.4) is 0 Å². The zero-order valence-corrected chi connectivity index (χ0v) is 11.5. The van der Waals surface area contributed by atoms with Gasteiger partial charge in [0, 0.05) is 15.3 Å².